The van der Waals surface area contributed by atoms with E-state index in [1.54, 1.807) is 11.3 Å². The van der Waals surface area contributed by atoms with Crippen molar-refractivity contribution in [3.8, 4) is 0 Å². The van der Waals surface area contributed by atoms with Gasteiger partial charge in [0.2, 0.25) is 0 Å². The average molecular weight is 276 g/mol. The van der Waals surface area contributed by atoms with Gasteiger partial charge >= 0.3 is 0 Å². The maximum atomic E-state index is 4.25. The SMILES string of the molecule is CCN(CCNCc1cnc(C)s1)C1CC1.Cl. The molecule has 0 spiro atoms. The van der Waals surface area contributed by atoms with Crippen molar-refractivity contribution in [2.24, 2.45) is 0 Å². The Bertz CT molecular complexity index is 325. The van der Waals surface area contributed by atoms with Gasteiger partial charge in [-0.05, 0) is 26.3 Å². The maximum Gasteiger partial charge on any atom is 0.0897 e. The van der Waals surface area contributed by atoms with Crippen LogP contribution in [0, 0.1) is 6.92 Å². The van der Waals surface area contributed by atoms with Crippen molar-refractivity contribution in [3.63, 3.8) is 0 Å². The second-order valence-electron chi connectivity index (χ2n) is 4.38. The minimum atomic E-state index is 0. The van der Waals surface area contributed by atoms with Crippen LogP contribution in [0.4, 0.5) is 0 Å². The number of halogens is 1. The number of aryl methyl sites for hydroxylation is 1. The number of hydrogen-bond donors (Lipinski definition) is 1. The van der Waals surface area contributed by atoms with Crippen LogP contribution < -0.4 is 5.32 Å². The van der Waals surface area contributed by atoms with Crippen LogP contribution in [0.3, 0.4) is 0 Å². The fourth-order valence-electron chi connectivity index (χ4n) is 1.96. The van der Waals surface area contributed by atoms with Gasteiger partial charge in [0.05, 0.1) is 5.01 Å². The Labute approximate surface area is 114 Å². The van der Waals surface area contributed by atoms with Crippen molar-refractivity contribution in [3.05, 3.63) is 16.1 Å². The molecule has 0 aromatic carbocycles. The molecule has 0 bridgehead atoms. The number of thiazole rings is 1. The van der Waals surface area contributed by atoms with E-state index in [2.05, 4.69) is 29.0 Å². The molecular weight excluding hydrogens is 254 g/mol. The van der Waals surface area contributed by atoms with Crippen LogP contribution in [-0.4, -0.2) is 35.6 Å². The highest BCUT2D eigenvalue weighted by Gasteiger charge is 2.26. The first-order valence-corrected chi connectivity index (χ1v) is 6.97. The molecule has 5 heteroatoms. The summed E-state index contributed by atoms with van der Waals surface area (Å²) in [5, 5.41) is 4.65. The topological polar surface area (TPSA) is 28.2 Å². The van der Waals surface area contributed by atoms with Gasteiger partial charge in [-0.2, -0.15) is 0 Å². The molecule has 1 aromatic heterocycles. The van der Waals surface area contributed by atoms with Gasteiger partial charge in [-0.25, -0.2) is 4.98 Å². The number of aromatic nitrogens is 1. The summed E-state index contributed by atoms with van der Waals surface area (Å²) < 4.78 is 0. The Morgan fingerprint density at radius 2 is 2.29 bits per heavy atom. The van der Waals surface area contributed by atoms with Crippen LogP contribution in [0.2, 0.25) is 0 Å². The Balaban J connectivity index is 0.00000144. The lowest BCUT2D eigenvalue weighted by atomic mass is 10.4. The van der Waals surface area contributed by atoms with Crippen molar-refractivity contribution in [1.29, 1.82) is 0 Å². The molecule has 0 radical (unpaired) electrons. The Hall–Kier alpha value is -0.160. The summed E-state index contributed by atoms with van der Waals surface area (Å²) in [6.07, 6.45) is 4.79. The average Bonchev–Trinajstić information content (AvgIpc) is 3.03. The van der Waals surface area contributed by atoms with Crippen molar-refractivity contribution >= 4 is 23.7 Å². The molecule has 3 nitrogen and oxygen atoms in total. The van der Waals surface area contributed by atoms with E-state index in [0.29, 0.717) is 0 Å². The number of nitrogens with zero attached hydrogens (tertiary/aromatic N) is 2. The summed E-state index contributed by atoms with van der Waals surface area (Å²) in [5.41, 5.74) is 0. The molecule has 17 heavy (non-hydrogen) atoms. The third-order valence-corrected chi connectivity index (χ3v) is 3.93. The lowest BCUT2D eigenvalue weighted by molar-refractivity contribution is 0.277. The molecule has 0 atom stereocenters. The number of nitrogens with one attached hydrogen (secondary N) is 1. The van der Waals surface area contributed by atoms with E-state index in [-0.39, 0.29) is 12.4 Å². The van der Waals surface area contributed by atoms with Gasteiger partial charge < -0.3 is 5.32 Å². The van der Waals surface area contributed by atoms with Gasteiger partial charge in [-0.1, -0.05) is 6.92 Å². The predicted molar refractivity (Wildman–Crippen MR) is 76.1 cm³/mol. The lowest BCUT2D eigenvalue weighted by Gasteiger charge is -2.19. The predicted octanol–water partition coefficient (Wildman–Crippen LogP) is 2.45. The number of likely N-dealkylation sites (N-methyl/N-ethyl adjacent to an activating group) is 1. The maximum absolute atomic E-state index is 4.25. The Kier molecular flexibility index (Phi) is 6.41. The minimum absolute atomic E-state index is 0. The zero-order chi connectivity index (χ0) is 11.4. The molecule has 1 aliphatic carbocycles. The van der Waals surface area contributed by atoms with Crippen LogP contribution >= 0.6 is 23.7 Å². The van der Waals surface area contributed by atoms with Gasteiger partial charge in [-0.3, -0.25) is 4.90 Å². The molecule has 2 rings (SSSR count). The summed E-state index contributed by atoms with van der Waals surface area (Å²) in [6, 6.07) is 0.887. The van der Waals surface area contributed by atoms with E-state index in [4.69, 9.17) is 0 Å². The van der Waals surface area contributed by atoms with Crippen molar-refractivity contribution in [2.45, 2.75) is 39.3 Å². The van der Waals surface area contributed by atoms with E-state index in [0.717, 1.165) is 24.1 Å². The summed E-state index contributed by atoms with van der Waals surface area (Å²) in [4.78, 5) is 8.17. The van der Waals surface area contributed by atoms with Crippen molar-refractivity contribution in [1.82, 2.24) is 15.2 Å². The smallest absolute Gasteiger partial charge is 0.0897 e. The standard InChI is InChI=1S/C12H21N3S.ClH/c1-3-15(11-4-5-11)7-6-13-8-12-9-14-10(2)16-12;/h9,11,13H,3-8H2,1-2H3;1H. The summed E-state index contributed by atoms with van der Waals surface area (Å²) in [6.45, 7) is 8.73. The first-order chi connectivity index (χ1) is 7.79. The molecule has 0 unspecified atom stereocenters. The highest BCUT2D eigenvalue weighted by molar-refractivity contribution is 7.11. The van der Waals surface area contributed by atoms with Crippen LogP contribution in [0.5, 0.6) is 0 Å². The summed E-state index contributed by atoms with van der Waals surface area (Å²) in [7, 11) is 0. The van der Waals surface area contributed by atoms with Crippen LogP contribution in [0.15, 0.2) is 6.20 Å². The van der Waals surface area contributed by atoms with Gasteiger partial charge in [0.15, 0.2) is 0 Å². The first-order valence-electron chi connectivity index (χ1n) is 6.15. The molecule has 0 saturated heterocycles. The van der Waals surface area contributed by atoms with E-state index in [1.165, 1.54) is 30.8 Å². The molecule has 1 N–H and O–H groups in total. The first kappa shape index (κ1) is 14.9. The van der Waals surface area contributed by atoms with Gasteiger partial charge in [-0.15, -0.1) is 23.7 Å². The van der Waals surface area contributed by atoms with Gasteiger partial charge in [0.25, 0.3) is 0 Å². The molecule has 1 heterocycles. The van der Waals surface area contributed by atoms with Crippen LogP contribution in [0.25, 0.3) is 0 Å². The zero-order valence-electron chi connectivity index (χ0n) is 10.6. The number of rotatable bonds is 7. The third kappa shape index (κ3) is 4.92. The zero-order valence-corrected chi connectivity index (χ0v) is 12.2. The third-order valence-electron chi connectivity index (χ3n) is 3.01. The van der Waals surface area contributed by atoms with E-state index in [9.17, 15) is 0 Å². The largest absolute Gasteiger partial charge is 0.311 e. The molecule has 1 saturated carbocycles. The summed E-state index contributed by atoms with van der Waals surface area (Å²) in [5.74, 6) is 0. The van der Waals surface area contributed by atoms with Crippen molar-refractivity contribution < 1.29 is 0 Å². The second-order valence-corrected chi connectivity index (χ2v) is 5.70. The molecule has 0 aliphatic heterocycles. The molecule has 1 aliphatic rings. The van der Waals surface area contributed by atoms with Crippen molar-refractivity contribution in [2.75, 3.05) is 19.6 Å². The highest BCUT2D eigenvalue weighted by Crippen LogP contribution is 2.25. The van der Waals surface area contributed by atoms with E-state index in [1.807, 2.05) is 6.20 Å². The Morgan fingerprint density at radius 1 is 1.53 bits per heavy atom. The van der Waals surface area contributed by atoms with Gasteiger partial charge in [0, 0.05) is 36.8 Å². The minimum Gasteiger partial charge on any atom is -0.311 e. The molecule has 1 fully saturated rings. The molecule has 1 aromatic rings. The fourth-order valence-corrected chi connectivity index (χ4v) is 2.72. The van der Waals surface area contributed by atoms with E-state index >= 15 is 0 Å². The molecular formula is C12H22ClN3S. The fraction of sp³-hybridized carbons (Fsp3) is 0.750. The van der Waals surface area contributed by atoms with E-state index < -0.39 is 0 Å². The number of hydrogen-bond acceptors (Lipinski definition) is 4. The summed E-state index contributed by atoms with van der Waals surface area (Å²) >= 11 is 1.78. The van der Waals surface area contributed by atoms with Gasteiger partial charge in [0.1, 0.15) is 0 Å². The lowest BCUT2D eigenvalue weighted by Crippen LogP contribution is -2.33. The molecule has 98 valence electrons. The van der Waals surface area contributed by atoms with Crippen LogP contribution in [-0.2, 0) is 6.54 Å². The van der Waals surface area contributed by atoms with Crippen LogP contribution in [0.1, 0.15) is 29.7 Å². The highest BCUT2D eigenvalue weighted by atomic mass is 35.5. The molecule has 0 amide bonds. The quantitative estimate of drug-likeness (QED) is 0.775. The second kappa shape index (κ2) is 7.31. The Morgan fingerprint density at radius 3 is 2.82 bits per heavy atom. The monoisotopic (exact) mass is 275 g/mol. The normalized spacial score (nSPS) is 15.0.